The summed E-state index contributed by atoms with van der Waals surface area (Å²) in [7, 11) is 0. The summed E-state index contributed by atoms with van der Waals surface area (Å²) in [5, 5.41) is 5.43. The van der Waals surface area contributed by atoms with Gasteiger partial charge in [0.25, 0.3) is 0 Å². The molecule has 0 radical (unpaired) electrons. The number of esters is 1. The number of benzene rings is 1. The minimum Gasteiger partial charge on any atom is -0.461 e. The standard InChI is InChI=1S/C16H15ClN2O3S/c1-2-22-15(21)13-8-23-16(18-13)19-14(20)11-7-10(11)9-5-3-4-6-12(9)17/h3-6,8,10-11H,2,7H2,1H3,(H,18,19,20). The predicted octanol–water partition coefficient (Wildman–Crippen LogP) is 3.72. The lowest BCUT2D eigenvalue weighted by atomic mass is 10.1. The number of nitrogens with one attached hydrogen (secondary N) is 1. The van der Waals surface area contributed by atoms with E-state index in [9.17, 15) is 9.59 Å². The average Bonchev–Trinajstić information content (AvgIpc) is 3.19. The fourth-order valence-electron chi connectivity index (χ4n) is 2.43. The molecule has 2 atom stereocenters. The fraction of sp³-hybridized carbons (Fsp3) is 0.312. The zero-order valence-corrected chi connectivity index (χ0v) is 14.0. The third-order valence-electron chi connectivity index (χ3n) is 3.65. The van der Waals surface area contributed by atoms with Crippen LogP contribution in [0.25, 0.3) is 0 Å². The average molecular weight is 351 g/mol. The first-order chi connectivity index (χ1) is 11.1. The molecule has 0 bridgehead atoms. The van der Waals surface area contributed by atoms with Crippen LogP contribution in [0.5, 0.6) is 0 Å². The van der Waals surface area contributed by atoms with Crippen LogP contribution in [0, 0.1) is 5.92 Å². The van der Waals surface area contributed by atoms with Gasteiger partial charge in [-0.2, -0.15) is 0 Å². The van der Waals surface area contributed by atoms with Gasteiger partial charge in [-0.25, -0.2) is 9.78 Å². The molecule has 1 aliphatic carbocycles. The van der Waals surface area contributed by atoms with Crippen molar-refractivity contribution in [1.29, 1.82) is 0 Å². The Kier molecular flexibility index (Phi) is 4.63. The number of carbonyl (C=O) groups excluding carboxylic acids is 2. The van der Waals surface area contributed by atoms with Crippen molar-refractivity contribution in [2.45, 2.75) is 19.3 Å². The topological polar surface area (TPSA) is 68.3 Å². The SMILES string of the molecule is CCOC(=O)c1csc(NC(=O)C2CC2c2ccccc2Cl)n1. The number of hydrogen-bond donors (Lipinski definition) is 1. The van der Waals surface area contributed by atoms with Crippen molar-refractivity contribution in [1.82, 2.24) is 4.98 Å². The molecule has 1 aromatic carbocycles. The molecule has 120 valence electrons. The first kappa shape index (κ1) is 16.0. The Bertz CT molecular complexity index is 746. The van der Waals surface area contributed by atoms with Crippen LogP contribution in [-0.2, 0) is 9.53 Å². The molecular weight excluding hydrogens is 336 g/mol. The van der Waals surface area contributed by atoms with E-state index < -0.39 is 5.97 Å². The van der Waals surface area contributed by atoms with Crippen molar-refractivity contribution in [3.05, 3.63) is 45.9 Å². The minimum atomic E-state index is -0.482. The second-order valence-corrected chi connectivity index (χ2v) is 6.48. The van der Waals surface area contributed by atoms with Crippen LogP contribution < -0.4 is 5.32 Å². The van der Waals surface area contributed by atoms with E-state index in [1.807, 2.05) is 24.3 Å². The molecule has 3 rings (SSSR count). The molecule has 2 unspecified atom stereocenters. The molecule has 1 aromatic heterocycles. The molecule has 5 nitrogen and oxygen atoms in total. The molecule has 7 heteroatoms. The molecule has 1 fully saturated rings. The predicted molar refractivity (Wildman–Crippen MR) is 89.0 cm³/mol. The fourth-order valence-corrected chi connectivity index (χ4v) is 3.39. The number of hydrogen-bond acceptors (Lipinski definition) is 5. The van der Waals surface area contributed by atoms with Gasteiger partial charge in [0.15, 0.2) is 10.8 Å². The molecule has 23 heavy (non-hydrogen) atoms. The smallest absolute Gasteiger partial charge is 0.357 e. The van der Waals surface area contributed by atoms with Gasteiger partial charge in [-0.05, 0) is 30.9 Å². The highest BCUT2D eigenvalue weighted by atomic mass is 35.5. The van der Waals surface area contributed by atoms with Gasteiger partial charge in [-0.15, -0.1) is 11.3 Å². The van der Waals surface area contributed by atoms with Gasteiger partial charge < -0.3 is 10.1 Å². The normalized spacial score (nSPS) is 19.2. The van der Waals surface area contributed by atoms with E-state index in [2.05, 4.69) is 10.3 Å². The van der Waals surface area contributed by atoms with Crippen molar-refractivity contribution in [2.75, 3.05) is 11.9 Å². The highest BCUT2D eigenvalue weighted by Crippen LogP contribution is 2.50. The Hall–Kier alpha value is -1.92. The van der Waals surface area contributed by atoms with E-state index in [4.69, 9.17) is 16.3 Å². The van der Waals surface area contributed by atoms with Gasteiger partial charge in [-0.1, -0.05) is 29.8 Å². The lowest BCUT2D eigenvalue weighted by Gasteiger charge is -2.03. The monoisotopic (exact) mass is 350 g/mol. The first-order valence-corrected chi connectivity index (χ1v) is 8.53. The molecule has 2 aromatic rings. The third-order valence-corrected chi connectivity index (χ3v) is 4.75. The molecule has 0 spiro atoms. The number of ether oxygens (including phenoxy) is 1. The Labute approximate surface area is 142 Å². The van der Waals surface area contributed by atoms with E-state index >= 15 is 0 Å². The Morgan fingerprint density at radius 3 is 2.96 bits per heavy atom. The lowest BCUT2D eigenvalue weighted by molar-refractivity contribution is -0.117. The van der Waals surface area contributed by atoms with E-state index in [0.717, 1.165) is 12.0 Å². The van der Waals surface area contributed by atoms with Crippen LogP contribution in [0.3, 0.4) is 0 Å². The van der Waals surface area contributed by atoms with Gasteiger partial charge >= 0.3 is 5.97 Å². The number of anilines is 1. The zero-order valence-electron chi connectivity index (χ0n) is 12.4. The molecule has 1 amide bonds. The van der Waals surface area contributed by atoms with Gasteiger partial charge in [0, 0.05) is 16.3 Å². The lowest BCUT2D eigenvalue weighted by Crippen LogP contribution is -2.15. The number of nitrogens with zero attached hydrogens (tertiary/aromatic N) is 1. The highest BCUT2D eigenvalue weighted by molar-refractivity contribution is 7.14. The minimum absolute atomic E-state index is 0.0975. The summed E-state index contributed by atoms with van der Waals surface area (Å²) in [4.78, 5) is 27.9. The number of aromatic nitrogens is 1. The quantitative estimate of drug-likeness (QED) is 0.834. The van der Waals surface area contributed by atoms with Gasteiger partial charge in [0.2, 0.25) is 5.91 Å². The maximum atomic E-state index is 12.3. The number of carbonyl (C=O) groups is 2. The van der Waals surface area contributed by atoms with Crippen LogP contribution in [-0.4, -0.2) is 23.5 Å². The molecular formula is C16H15ClN2O3S. The number of amides is 1. The maximum Gasteiger partial charge on any atom is 0.357 e. The van der Waals surface area contributed by atoms with E-state index in [1.54, 1.807) is 12.3 Å². The van der Waals surface area contributed by atoms with Crippen molar-refractivity contribution in [3.63, 3.8) is 0 Å². The summed E-state index contributed by atoms with van der Waals surface area (Å²) < 4.78 is 4.87. The maximum absolute atomic E-state index is 12.3. The van der Waals surface area contributed by atoms with Crippen LogP contribution in [0.1, 0.15) is 35.3 Å². The Balaban J connectivity index is 1.61. The summed E-state index contributed by atoms with van der Waals surface area (Å²) in [6.45, 7) is 2.02. The molecule has 1 aliphatic rings. The number of halogens is 1. The van der Waals surface area contributed by atoms with Crippen molar-refractivity contribution >= 4 is 39.9 Å². The van der Waals surface area contributed by atoms with Crippen LogP contribution in [0.2, 0.25) is 5.02 Å². The van der Waals surface area contributed by atoms with Gasteiger partial charge in [-0.3, -0.25) is 4.79 Å². The second-order valence-electron chi connectivity index (χ2n) is 5.22. The Morgan fingerprint density at radius 2 is 2.22 bits per heavy atom. The summed E-state index contributed by atoms with van der Waals surface area (Å²) in [6, 6.07) is 7.57. The summed E-state index contributed by atoms with van der Waals surface area (Å²) in [5.74, 6) is -0.540. The van der Waals surface area contributed by atoms with E-state index in [0.29, 0.717) is 16.8 Å². The second kappa shape index (κ2) is 6.68. The Morgan fingerprint density at radius 1 is 1.43 bits per heavy atom. The van der Waals surface area contributed by atoms with Gasteiger partial charge in [0.05, 0.1) is 6.61 Å². The molecule has 0 saturated heterocycles. The van der Waals surface area contributed by atoms with Crippen LogP contribution in [0.4, 0.5) is 5.13 Å². The summed E-state index contributed by atoms with van der Waals surface area (Å²) in [6.07, 6.45) is 0.770. The van der Waals surface area contributed by atoms with Crippen molar-refractivity contribution in [2.24, 2.45) is 5.92 Å². The van der Waals surface area contributed by atoms with Crippen molar-refractivity contribution in [3.8, 4) is 0 Å². The van der Waals surface area contributed by atoms with E-state index in [1.165, 1.54) is 11.3 Å². The van der Waals surface area contributed by atoms with Crippen LogP contribution >= 0.6 is 22.9 Å². The summed E-state index contributed by atoms with van der Waals surface area (Å²) in [5.41, 5.74) is 1.21. The molecule has 1 N–H and O–H groups in total. The molecule has 0 aliphatic heterocycles. The summed E-state index contributed by atoms with van der Waals surface area (Å²) >= 11 is 7.37. The zero-order chi connectivity index (χ0) is 16.4. The number of thiazole rings is 1. The third kappa shape index (κ3) is 3.54. The first-order valence-electron chi connectivity index (χ1n) is 7.28. The largest absolute Gasteiger partial charge is 0.461 e. The molecule has 1 saturated carbocycles. The highest BCUT2D eigenvalue weighted by Gasteiger charge is 2.45. The number of rotatable bonds is 5. The van der Waals surface area contributed by atoms with Crippen LogP contribution in [0.15, 0.2) is 29.6 Å². The van der Waals surface area contributed by atoms with Gasteiger partial charge in [0.1, 0.15) is 0 Å². The molecule has 1 heterocycles. The van der Waals surface area contributed by atoms with E-state index in [-0.39, 0.29) is 23.4 Å². The van der Waals surface area contributed by atoms with Crippen molar-refractivity contribution < 1.29 is 14.3 Å².